The lowest BCUT2D eigenvalue weighted by Gasteiger charge is -2.13. The lowest BCUT2D eigenvalue weighted by Crippen LogP contribution is -2.10. The van der Waals surface area contributed by atoms with Crippen LogP contribution in [0.4, 0.5) is 26.6 Å². The van der Waals surface area contributed by atoms with Gasteiger partial charge in [0.05, 0.1) is 60.1 Å². The summed E-state index contributed by atoms with van der Waals surface area (Å²) in [6, 6.07) is 14.9. The van der Waals surface area contributed by atoms with Crippen molar-refractivity contribution in [2.75, 3.05) is 35.8 Å². The smallest absolute Gasteiger partial charge is 0.208 e. The second kappa shape index (κ2) is 23.9. The normalized spacial score (nSPS) is 13.8. The third-order valence-electron chi connectivity index (χ3n) is 17.2. The molecule has 0 radical (unpaired) electrons. The predicted molar refractivity (Wildman–Crippen MR) is 343 cm³/mol. The number of imidazole rings is 3. The van der Waals surface area contributed by atoms with Crippen molar-refractivity contribution in [3.05, 3.63) is 183 Å². The zero-order chi connectivity index (χ0) is 62.8. The van der Waals surface area contributed by atoms with Crippen LogP contribution in [0.5, 0.6) is 17.2 Å². The van der Waals surface area contributed by atoms with E-state index in [9.17, 15) is 8.78 Å². The Morgan fingerprint density at radius 3 is 1.54 bits per heavy atom. The van der Waals surface area contributed by atoms with Crippen LogP contribution in [0.1, 0.15) is 112 Å². The zero-order valence-corrected chi connectivity index (χ0v) is 52.4. The SMILES string of the molecule is Cc1cn2c(NCc3c(F)ccc4c3CCO4)ncc(-c3cnc(C4CC4)nc3C)c2n1.Cc1cn2c(NCc3c(F)ccc4c3CCO4)ncc(-c3cnn(C(C)C)c3C)c2n1.Cc1cn2c(NCc3cccc4c3CCO4)ncc(-c3cc(C)nn3C)c2n1. The highest BCUT2D eigenvalue weighted by Crippen LogP contribution is 2.40. The number of fused-ring (bicyclic) bond motifs is 6. The molecule has 12 heterocycles. The van der Waals surface area contributed by atoms with Crippen LogP contribution in [0.25, 0.3) is 50.5 Å². The quantitative estimate of drug-likeness (QED) is 0.0923. The van der Waals surface area contributed by atoms with Gasteiger partial charge in [-0.25, -0.2) is 48.7 Å². The van der Waals surface area contributed by atoms with E-state index < -0.39 is 0 Å². The zero-order valence-electron chi connectivity index (χ0n) is 52.4. The summed E-state index contributed by atoms with van der Waals surface area (Å²) in [6.07, 6.45) is 19.8. The number of aromatic nitrogens is 15. The fourth-order valence-electron chi connectivity index (χ4n) is 12.6. The Morgan fingerprint density at radius 1 is 0.538 bits per heavy atom. The number of nitrogens with zero attached hydrogens (tertiary/aromatic N) is 15. The van der Waals surface area contributed by atoms with Crippen LogP contribution in [0.3, 0.4) is 0 Å². The number of aryl methyl sites for hydroxylation is 6. The lowest BCUT2D eigenvalue weighted by molar-refractivity contribution is 0.356. The van der Waals surface area contributed by atoms with Gasteiger partial charge in [-0.2, -0.15) is 10.2 Å². The third kappa shape index (κ3) is 11.3. The van der Waals surface area contributed by atoms with Gasteiger partial charge < -0.3 is 30.2 Å². The van der Waals surface area contributed by atoms with Crippen molar-refractivity contribution < 1.29 is 23.0 Å². The monoisotopic (exact) mass is 1220 g/mol. The van der Waals surface area contributed by atoms with E-state index in [1.807, 2.05) is 120 Å². The lowest BCUT2D eigenvalue weighted by atomic mass is 10.0. The highest BCUT2D eigenvalue weighted by molar-refractivity contribution is 5.81. The highest BCUT2D eigenvalue weighted by atomic mass is 19.1. The maximum Gasteiger partial charge on any atom is 0.208 e. The van der Waals surface area contributed by atoms with Crippen molar-refractivity contribution >= 4 is 34.8 Å². The largest absolute Gasteiger partial charge is 0.493 e. The molecule has 23 heteroatoms. The van der Waals surface area contributed by atoms with Gasteiger partial charge in [-0.15, -0.1) is 0 Å². The summed E-state index contributed by atoms with van der Waals surface area (Å²) in [6.45, 7) is 19.4. The maximum absolute atomic E-state index is 14.5. The molecule has 21 nitrogen and oxygen atoms in total. The number of benzene rings is 3. The fourth-order valence-corrected chi connectivity index (χ4v) is 12.6. The summed E-state index contributed by atoms with van der Waals surface area (Å²) in [5.41, 5.74) is 19.4. The first-order valence-electron chi connectivity index (χ1n) is 30.9. The van der Waals surface area contributed by atoms with Crippen LogP contribution in [0.15, 0.2) is 98.1 Å². The minimum absolute atomic E-state index is 0.233. The molecule has 4 aliphatic rings. The first-order valence-corrected chi connectivity index (χ1v) is 30.9. The van der Waals surface area contributed by atoms with Crippen LogP contribution in [-0.4, -0.2) is 92.5 Å². The molecule has 12 aromatic rings. The van der Waals surface area contributed by atoms with Crippen LogP contribution in [0.2, 0.25) is 0 Å². The number of ether oxygens (including phenoxy) is 3. The summed E-state index contributed by atoms with van der Waals surface area (Å²) >= 11 is 0. The van der Waals surface area contributed by atoms with Crippen molar-refractivity contribution in [3.63, 3.8) is 0 Å². The van der Waals surface area contributed by atoms with E-state index in [1.165, 1.54) is 36.1 Å². The summed E-state index contributed by atoms with van der Waals surface area (Å²) in [7, 11) is 1.94. The van der Waals surface area contributed by atoms with Gasteiger partial charge in [0.1, 0.15) is 46.0 Å². The second-order valence-corrected chi connectivity index (χ2v) is 23.9. The van der Waals surface area contributed by atoms with Gasteiger partial charge in [0.2, 0.25) is 17.8 Å². The minimum Gasteiger partial charge on any atom is -0.493 e. The van der Waals surface area contributed by atoms with Crippen LogP contribution in [0, 0.1) is 53.2 Å². The number of nitrogens with one attached hydrogen (secondary N) is 3. The third-order valence-corrected chi connectivity index (χ3v) is 17.2. The van der Waals surface area contributed by atoms with Crippen LogP contribution in [-0.2, 0) is 45.9 Å². The van der Waals surface area contributed by atoms with E-state index in [0.717, 1.165) is 144 Å². The van der Waals surface area contributed by atoms with E-state index in [2.05, 4.69) is 74.0 Å². The standard InChI is InChI=1S/C24H23FN6O.C23H25FN6O.C21H22N6O/c1-13-12-31-23(29-13)19(17-9-26-22(15-3-4-15)30-14(17)2)11-28-24(31)27-10-18-16-7-8-32-21(16)6-5-20(18)25;1-13(2)30-15(4)17(11-27-30)19-10-26-23(29-12-14(3)28-22(19)29)25-9-18-16-7-8-31-21(16)6-5-20(18)24;1-13-9-18(26(3)25-13)17-11-23-21(27-12-14(2)24-20(17)27)22-10-15-5-4-6-19-16(15)7-8-28-19/h5-6,9,11-12,15H,3-4,7-8,10H2,1-2H3,(H,27,28);5-6,10-13H,7-9H2,1-4H3,(H,25,26);4-6,9,11-12H,7-8,10H2,1-3H3,(H,22,23). The van der Waals surface area contributed by atoms with Gasteiger partial charge in [0.15, 0.2) is 5.65 Å². The van der Waals surface area contributed by atoms with Crippen molar-refractivity contribution in [2.45, 2.75) is 119 Å². The summed E-state index contributed by atoms with van der Waals surface area (Å²) in [4.78, 5) is 37.5. The molecule has 0 amide bonds. The highest BCUT2D eigenvalue weighted by Gasteiger charge is 2.28. The minimum atomic E-state index is -0.236. The summed E-state index contributed by atoms with van der Waals surface area (Å²) < 4.78 is 55.6. The Kier molecular flexibility index (Phi) is 15.3. The van der Waals surface area contributed by atoms with Crippen LogP contribution >= 0.6 is 0 Å². The molecule has 3 aliphatic heterocycles. The number of rotatable bonds is 14. The molecule has 0 unspecified atom stereocenters. The Balaban J connectivity index is 0.000000119. The van der Waals surface area contributed by atoms with Crippen LogP contribution < -0.4 is 30.2 Å². The van der Waals surface area contributed by atoms with E-state index in [4.69, 9.17) is 39.1 Å². The molecule has 16 rings (SSSR count). The molecule has 0 atom stereocenters. The van der Waals surface area contributed by atoms with Crippen molar-refractivity contribution in [1.82, 2.24) is 72.6 Å². The molecule has 1 aliphatic carbocycles. The molecular formula is C68H70F2N18O3. The van der Waals surface area contributed by atoms with Gasteiger partial charge in [-0.05, 0) is 110 Å². The second-order valence-electron chi connectivity index (χ2n) is 23.9. The molecule has 91 heavy (non-hydrogen) atoms. The molecule has 3 N–H and O–H groups in total. The van der Waals surface area contributed by atoms with E-state index >= 15 is 0 Å². The number of hydrogen-bond donors (Lipinski definition) is 3. The van der Waals surface area contributed by atoms with Gasteiger partial charge in [-0.3, -0.25) is 22.6 Å². The molecule has 0 bridgehead atoms. The Hall–Kier alpha value is -10.3. The molecule has 0 spiro atoms. The van der Waals surface area contributed by atoms with Gasteiger partial charge in [0, 0.05) is 163 Å². The van der Waals surface area contributed by atoms with E-state index in [0.29, 0.717) is 68.2 Å². The maximum atomic E-state index is 14.5. The molecular weight excluding hydrogens is 1150 g/mol. The topological polar surface area (TPSA) is 216 Å². The average Bonchev–Trinajstić information content (AvgIpc) is 1.75. The Morgan fingerprint density at radius 2 is 1.03 bits per heavy atom. The van der Waals surface area contributed by atoms with Gasteiger partial charge in [0.25, 0.3) is 0 Å². The van der Waals surface area contributed by atoms with Gasteiger partial charge in [-0.1, -0.05) is 12.1 Å². The molecule has 464 valence electrons. The first-order chi connectivity index (χ1) is 44.1. The first kappa shape index (κ1) is 58.4. The molecule has 0 saturated heterocycles. The van der Waals surface area contributed by atoms with Gasteiger partial charge >= 0.3 is 0 Å². The Bertz CT molecular complexity index is 4780. The molecule has 1 saturated carbocycles. The molecule has 9 aromatic heterocycles. The summed E-state index contributed by atoms with van der Waals surface area (Å²) in [5, 5.41) is 19.1. The molecule has 3 aromatic carbocycles. The van der Waals surface area contributed by atoms with E-state index in [-0.39, 0.29) is 17.7 Å². The van der Waals surface area contributed by atoms with E-state index in [1.54, 1.807) is 18.3 Å². The summed E-state index contributed by atoms with van der Waals surface area (Å²) in [5.74, 6) is 5.48. The predicted octanol–water partition coefficient (Wildman–Crippen LogP) is 12.1. The van der Waals surface area contributed by atoms with Crippen molar-refractivity contribution in [3.8, 4) is 50.8 Å². The van der Waals surface area contributed by atoms with Crippen molar-refractivity contribution in [2.24, 2.45) is 7.05 Å². The Labute approximate surface area is 524 Å². The number of halogens is 2. The average molecular weight is 1230 g/mol. The number of anilines is 3. The fraction of sp³-hybridized carbons (Fsp3) is 0.324. The number of hydrogen-bond acceptors (Lipinski definition) is 16. The van der Waals surface area contributed by atoms with Crippen molar-refractivity contribution in [1.29, 1.82) is 0 Å². The molecule has 1 fully saturated rings.